The van der Waals surface area contributed by atoms with E-state index < -0.39 is 11.0 Å². The van der Waals surface area contributed by atoms with Gasteiger partial charge >= 0.3 is 0 Å². The number of allylic oxidation sites excluding steroid dienone is 1. The highest BCUT2D eigenvalue weighted by Crippen LogP contribution is 2.48. The Labute approximate surface area is 227 Å². The molecule has 1 saturated heterocycles. The quantitative estimate of drug-likeness (QED) is 0.440. The molecule has 2 heterocycles. The van der Waals surface area contributed by atoms with Crippen LogP contribution in [0.3, 0.4) is 0 Å². The molecule has 0 radical (unpaired) electrons. The van der Waals surface area contributed by atoms with E-state index in [4.69, 9.17) is 5.73 Å². The third-order valence-corrected chi connectivity index (χ3v) is 7.98. The van der Waals surface area contributed by atoms with Crippen molar-refractivity contribution in [2.24, 2.45) is 17.1 Å². The second-order valence-corrected chi connectivity index (χ2v) is 11.4. The van der Waals surface area contributed by atoms with Crippen molar-refractivity contribution in [3.8, 4) is 0 Å². The summed E-state index contributed by atoms with van der Waals surface area (Å²) >= 11 is 0. The van der Waals surface area contributed by atoms with E-state index in [9.17, 15) is 24.5 Å². The lowest BCUT2D eigenvalue weighted by Crippen LogP contribution is -2.47. The van der Waals surface area contributed by atoms with Crippen molar-refractivity contribution >= 4 is 34.7 Å². The van der Waals surface area contributed by atoms with Gasteiger partial charge in [0.25, 0.3) is 5.69 Å². The molecule has 3 aliphatic rings. The van der Waals surface area contributed by atoms with Crippen LogP contribution in [0, 0.1) is 21.4 Å². The number of amides is 2. The Balaban J connectivity index is 1.59. The summed E-state index contributed by atoms with van der Waals surface area (Å²) in [5.41, 5.74) is 8.83. The van der Waals surface area contributed by atoms with Gasteiger partial charge in [-0.15, -0.1) is 0 Å². The van der Waals surface area contributed by atoms with E-state index in [2.05, 4.69) is 19.2 Å². The fourth-order valence-corrected chi connectivity index (χ4v) is 6.01. The van der Waals surface area contributed by atoms with Gasteiger partial charge in [0.15, 0.2) is 5.78 Å². The zero-order chi connectivity index (χ0) is 27.9. The number of para-hydroxylation sites is 2. The van der Waals surface area contributed by atoms with Crippen LogP contribution in [-0.4, -0.2) is 47.1 Å². The van der Waals surface area contributed by atoms with E-state index in [-0.39, 0.29) is 41.2 Å². The number of rotatable bonds is 5. The fourth-order valence-electron chi connectivity index (χ4n) is 6.01. The molecule has 39 heavy (non-hydrogen) atoms. The zero-order valence-corrected chi connectivity index (χ0v) is 22.2. The highest BCUT2D eigenvalue weighted by molar-refractivity contribution is 6.02. The first-order chi connectivity index (χ1) is 18.5. The minimum Gasteiger partial charge on any atom is -0.369 e. The number of nitro benzene ring substituents is 1. The Morgan fingerprint density at radius 3 is 2.38 bits per heavy atom. The molecule has 0 aromatic heterocycles. The number of non-ortho nitro benzene ring substituents is 1. The number of piperidine rings is 1. The van der Waals surface area contributed by atoms with Crippen molar-refractivity contribution in [2.45, 2.75) is 45.6 Å². The normalized spacial score (nSPS) is 21.0. The highest BCUT2D eigenvalue weighted by atomic mass is 16.6. The summed E-state index contributed by atoms with van der Waals surface area (Å²) in [5.74, 6) is -0.705. The lowest BCUT2D eigenvalue weighted by Gasteiger charge is -2.39. The first-order valence-electron chi connectivity index (χ1n) is 13.2. The van der Waals surface area contributed by atoms with Crippen LogP contribution < -0.4 is 16.0 Å². The summed E-state index contributed by atoms with van der Waals surface area (Å²) in [6, 6.07) is 13.2. The third-order valence-electron chi connectivity index (χ3n) is 7.98. The highest BCUT2D eigenvalue weighted by Gasteiger charge is 2.42. The van der Waals surface area contributed by atoms with Gasteiger partial charge in [0.2, 0.25) is 11.8 Å². The largest absolute Gasteiger partial charge is 0.369 e. The van der Waals surface area contributed by atoms with Crippen molar-refractivity contribution in [2.75, 3.05) is 29.9 Å². The van der Waals surface area contributed by atoms with Crippen LogP contribution in [0.25, 0.3) is 0 Å². The Hall–Kier alpha value is -4.21. The van der Waals surface area contributed by atoms with E-state index in [0.717, 1.165) is 17.1 Å². The van der Waals surface area contributed by atoms with Crippen molar-refractivity contribution in [1.82, 2.24) is 4.90 Å². The maximum absolute atomic E-state index is 13.8. The Morgan fingerprint density at radius 1 is 1.08 bits per heavy atom. The number of nitro groups is 1. The number of hydrogen-bond donors (Lipinski definition) is 2. The predicted octanol–water partition coefficient (Wildman–Crippen LogP) is 3.94. The van der Waals surface area contributed by atoms with E-state index >= 15 is 0 Å². The number of benzene rings is 2. The maximum atomic E-state index is 13.8. The summed E-state index contributed by atoms with van der Waals surface area (Å²) < 4.78 is 0. The SMILES string of the molecule is CC1(C)CC(=O)C2=C(C1)Nc1ccccc1N(CC(=O)N1CCC(C(N)=O)CC1)C2c1ccc([N+](=O)[O-])cc1. The van der Waals surface area contributed by atoms with Gasteiger partial charge in [-0.1, -0.05) is 26.0 Å². The van der Waals surface area contributed by atoms with Crippen LogP contribution in [0.1, 0.15) is 51.1 Å². The number of nitrogens with one attached hydrogen (secondary N) is 1. The fraction of sp³-hybridized carbons (Fsp3) is 0.414. The summed E-state index contributed by atoms with van der Waals surface area (Å²) in [5, 5.41) is 14.9. The van der Waals surface area contributed by atoms with E-state index in [1.54, 1.807) is 17.0 Å². The summed E-state index contributed by atoms with van der Waals surface area (Å²) in [6.45, 7) is 4.98. The molecule has 1 atom stereocenters. The van der Waals surface area contributed by atoms with E-state index in [0.29, 0.717) is 49.9 Å². The average Bonchev–Trinajstić information content (AvgIpc) is 3.02. The van der Waals surface area contributed by atoms with E-state index in [1.165, 1.54) is 12.1 Å². The van der Waals surface area contributed by atoms with Crippen LogP contribution in [-0.2, 0) is 14.4 Å². The number of hydrogen-bond acceptors (Lipinski definition) is 7. The zero-order valence-electron chi connectivity index (χ0n) is 22.2. The summed E-state index contributed by atoms with van der Waals surface area (Å²) in [7, 11) is 0. The van der Waals surface area contributed by atoms with Crippen LogP contribution in [0.2, 0.25) is 0 Å². The molecule has 0 bridgehead atoms. The first-order valence-corrected chi connectivity index (χ1v) is 13.2. The molecule has 10 heteroatoms. The number of nitrogens with two attached hydrogens (primary N) is 1. The average molecular weight is 532 g/mol. The van der Waals surface area contributed by atoms with Gasteiger partial charge in [-0.25, -0.2) is 0 Å². The molecular weight excluding hydrogens is 498 g/mol. The lowest BCUT2D eigenvalue weighted by molar-refractivity contribution is -0.384. The first kappa shape index (κ1) is 26.4. The van der Waals surface area contributed by atoms with Gasteiger partial charge in [-0.3, -0.25) is 24.5 Å². The molecule has 1 aliphatic carbocycles. The Morgan fingerprint density at radius 2 is 1.74 bits per heavy atom. The van der Waals surface area contributed by atoms with Gasteiger partial charge in [0.05, 0.1) is 28.9 Å². The van der Waals surface area contributed by atoms with E-state index in [1.807, 2.05) is 29.2 Å². The molecule has 2 aromatic carbocycles. The molecule has 2 amide bonds. The molecule has 3 N–H and O–H groups in total. The number of likely N-dealkylation sites (tertiary alicyclic amines) is 1. The standard InChI is InChI=1S/C29H33N5O5/c1-29(2)15-22-26(24(35)16-29)27(18-7-9-20(10-8-18)34(38)39)33(23-6-4-3-5-21(23)31-22)17-25(36)32-13-11-19(12-14-32)28(30)37/h3-10,19,27,31H,11-17H2,1-2H3,(H2,30,37). The topological polar surface area (TPSA) is 139 Å². The monoisotopic (exact) mass is 531 g/mol. The van der Waals surface area contributed by atoms with Gasteiger partial charge < -0.3 is 20.9 Å². The molecule has 2 aromatic rings. The molecule has 0 saturated carbocycles. The molecular formula is C29H33N5O5. The number of ketones is 1. The molecule has 5 rings (SSSR count). The summed E-state index contributed by atoms with van der Waals surface area (Å²) in [4.78, 5) is 53.7. The number of carbonyl (C=O) groups is 3. The minimum absolute atomic E-state index is 0.00492. The smallest absolute Gasteiger partial charge is 0.269 e. The van der Waals surface area contributed by atoms with Crippen molar-refractivity contribution in [3.05, 3.63) is 75.5 Å². The molecule has 1 fully saturated rings. The number of primary amides is 1. The number of fused-ring (bicyclic) bond motifs is 1. The van der Waals surface area contributed by atoms with Gasteiger partial charge in [0.1, 0.15) is 0 Å². The summed E-state index contributed by atoms with van der Waals surface area (Å²) in [6.07, 6.45) is 2.05. The minimum atomic E-state index is -0.618. The Kier molecular flexibility index (Phi) is 6.88. The van der Waals surface area contributed by atoms with Crippen molar-refractivity contribution < 1.29 is 19.3 Å². The lowest BCUT2D eigenvalue weighted by atomic mass is 9.73. The van der Waals surface area contributed by atoms with Crippen LogP contribution in [0.15, 0.2) is 59.8 Å². The van der Waals surface area contributed by atoms with Crippen molar-refractivity contribution in [3.63, 3.8) is 0 Å². The number of nitrogens with zero attached hydrogens (tertiary/aromatic N) is 3. The molecule has 204 valence electrons. The molecule has 10 nitrogen and oxygen atoms in total. The number of Topliss-reactive ketones (excluding diaryl/α,β-unsaturated/α-hetero) is 1. The van der Waals surface area contributed by atoms with Crippen LogP contribution in [0.4, 0.5) is 17.1 Å². The second kappa shape index (κ2) is 10.2. The van der Waals surface area contributed by atoms with Crippen LogP contribution >= 0.6 is 0 Å². The van der Waals surface area contributed by atoms with Gasteiger partial charge in [0, 0.05) is 48.8 Å². The maximum Gasteiger partial charge on any atom is 0.269 e. The van der Waals surface area contributed by atoms with Gasteiger partial charge in [-0.2, -0.15) is 0 Å². The Bertz CT molecular complexity index is 1360. The predicted molar refractivity (Wildman–Crippen MR) is 147 cm³/mol. The number of anilines is 2. The third kappa shape index (κ3) is 5.23. The second-order valence-electron chi connectivity index (χ2n) is 11.4. The van der Waals surface area contributed by atoms with Crippen molar-refractivity contribution in [1.29, 1.82) is 0 Å². The molecule has 1 unspecified atom stereocenters. The van der Waals surface area contributed by atoms with Gasteiger partial charge in [-0.05, 0) is 54.5 Å². The van der Waals surface area contributed by atoms with Crippen LogP contribution in [0.5, 0.6) is 0 Å². The number of carbonyl (C=O) groups excluding carboxylic acids is 3. The molecule has 2 aliphatic heterocycles. The molecule has 0 spiro atoms.